The van der Waals surface area contributed by atoms with E-state index in [1.165, 1.54) is 6.07 Å². The first-order chi connectivity index (χ1) is 12.2. The molecule has 0 atom stereocenters. The van der Waals surface area contributed by atoms with Crippen molar-refractivity contribution in [1.82, 2.24) is 19.6 Å². The van der Waals surface area contributed by atoms with Crippen LogP contribution in [-0.4, -0.2) is 51.7 Å². The summed E-state index contributed by atoms with van der Waals surface area (Å²) in [5.41, 5.74) is 0.406. The third-order valence-electron chi connectivity index (χ3n) is 5.46. The van der Waals surface area contributed by atoms with Crippen LogP contribution >= 0.6 is 0 Å². The number of benzene rings is 1. The molecule has 2 aliphatic rings. The maximum atomic E-state index is 13.4. The lowest BCUT2D eigenvalue weighted by Crippen LogP contribution is -2.59. The molecule has 0 spiro atoms. The number of carbonyl (C=O) groups excluding carboxylic acids is 1. The lowest BCUT2D eigenvalue weighted by atomic mass is 9.85. The number of carbonyl (C=O) groups is 1. The van der Waals surface area contributed by atoms with Crippen molar-refractivity contribution in [2.45, 2.75) is 31.3 Å². The minimum Gasteiger partial charge on any atom is -0.340 e. The van der Waals surface area contributed by atoms with Crippen LogP contribution < -0.4 is 0 Å². The number of amides is 1. The van der Waals surface area contributed by atoms with Crippen molar-refractivity contribution >= 4 is 5.91 Å². The summed E-state index contributed by atoms with van der Waals surface area (Å²) >= 11 is 0. The van der Waals surface area contributed by atoms with Crippen LogP contribution in [0.15, 0.2) is 42.7 Å². The predicted octanol–water partition coefficient (Wildman–Crippen LogP) is 2.25. The lowest BCUT2D eigenvalue weighted by molar-refractivity contribution is -0.148. The van der Waals surface area contributed by atoms with Crippen LogP contribution in [0.25, 0.3) is 0 Å². The molecule has 0 saturated carbocycles. The van der Waals surface area contributed by atoms with Gasteiger partial charge in [0, 0.05) is 45.1 Å². The normalized spacial score (nSPS) is 20.3. The number of piperidine rings is 1. The Labute approximate surface area is 147 Å². The Morgan fingerprint density at radius 2 is 1.96 bits per heavy atom. The zero-order chi connectivity index (χ0) is 17.3. The van der Waals surface area contributed by atoms with Crippen molar-refractivity contribution < 1.29 is 9.18 Å². The average Bonchev–Trinajstić information content (AvgIpc) is 3.09. The van der Waals surface area contributed by atoms with Gasteiger partial charge in [0.25, 0.3) is 5.91 Å². The van der Waals surface area contributed by atoms with Gasteiger partial charge in [0.05, 0.1) is 0 Å². The molecule has 5 nitrogen and oxygen atoms in total. The fourth-order valence-corrected chi connectivity index (χ4v) is 3.85. The van der Waals surface area contributed by atoms with Gasteiger partial charge in [0.1, 0.15) is 11.4 Å². The molecule has 25 heavy (non-hydrogen) atoms. The Bertz CT molecular complexity index is 734. The summed E-state index contributed by atoms with van der Waals surface area (Å²) < 4.78 is 15.2. The SMILES string of the molecule is O=C(N1CCC1)C1(n2cccn2)CCN(Cc2cccc(F)c2)CC1. The number of halogens is 1. The van der Waals surface area contributed by atoms with E-state index in [9.17, 15) is 9.18 Å². The van der Waals surface area contributed by atoms with Crippen molar-refractivity contribution in [2.24, 2.45) is 0 Å². The molecule has 0 bridgehead atoms. The van der Waals surface area contributed by atoms with Crippen LogP contribution in [0.1, 0.15) is 24.8 Å². The van der Waals surface area contributed by atoms with E-state index in [1.54, 1.807) is 18.3 Å². The quantitative estimate of drug-likeness (QED) is 0.856. The van der Waals surface area contributed by atoms with E-state index in [2.05, 4.69) is 10.00 Å². The molecular weight excluding hydrogens is 319 g/mol. The van der Waals surface area contributed by atoms with Crippen molar-refractivity contribution in [1.29, 1.82) is 0 Å². The molecule has 132 valence electrons. The zero-order valence-corrected chi connectivity index (χ0v) is 14.3. The Morgan fingerprint density at radius 1 is 1.16 bits per heavy atom. The van der Waals surface area contributed by atoms with E-state index in [4.69, 9.17) is 0 Å². The monoisotopic (exact) mass is 342 g/mol. The predicted molar refractivity (Wildman–Crippen MR) is 92.3 cm³/mol. The topological polar surface area (TPSA) is 41.4 Å². The number of hydrogen-bond acceptors (Lipinski definition) is 3. The van der Waals surface area contributed by atoms with Crippen LogP contribution in [0.2, 0.25) is 0 Å². The minimum absolute atomic E-state index is 0.201. The summed E-state index contributed by atoms with van der Waals surface area (Å²) in [5, 5.41) is 4.40. The number of nitrogens with zero attached hydrogens (tertiary/aromatic N) is 4. The first-order valence-corrected chi connectivity index (χ1v) is 8.94. The fourth-order valence-electron chi connectivity index (χ4n) is 3.85. The van der Waals surface area contributed by atoms with Gasteiger partial charge < -0.3 is 4.90 Å². The van der Waals surface area contributed by atoms with Crippen molar-refractivity contribution in [2.75, 3.05) is 26.2 Å². The van der Waals surface area contributed by atoms with Gasteiger partial charge in [-0.2, -0.15) is 5.10 Å². The molecule has 0 radical (unpaired) electrons. The number of aromatic nitrogens is 2. The second-order valence-electron chi connectivity index (χ2n) is 7.03. The molecule has 2 fully saturated rings. The third-order valence-corrected chi connectivity index (χ3v) is 5.46. The van der Waals surface area contributed by atoms with Gasteiger partial charge in [0.2, 0.25) is 0 Å². The summed E-state index contributed by atoms with van der Waals surface area (Å²) in [4.78, 5) is 17.3. The van der Waals surface area contributed by atoms with E-state index in [0.717, 1.165) is 51.0 Å². The lowest BCUT2D eigenvalue weighted by Gasteiger charge is -2.45. The van der Waals surface area contributed by atoms with E-state index in [0.29, 0.717) is 6.54 Å². The molecule has 3 heterocycles. The van der Waals surface area contributed by atoms with Gasteiger partial charge in [-0.1, -0.05) is 12.1 Å². The summed E-state index contributed by atoms with van der Waals surface area (Å²) in [6.45, 7) is 4.03. The van der Waals surface area contributed by atoms with Crippen LogP contribution in [0, 0.1) is 5.82 Å². The number of rotatable bonds is 4. The highest BCUT2D eigenvalue weighted by Crippen LogP contribution is 2.33. The van der Waals surface area contributed by atoms with Crippen molar-refractivity contribution in [3.05, 3.63) is 54.1 Å². The maximum absolute atomic E-state index is 13.4. The summed E-state index contributed by atoms with van der Waals surface area (Å²) in [5.74, 6) is 0.00112. The van der Waals surface area contributed by atoms with E-state index in [-0.39, 0.29) is 11.7 Å². The van der Waals surface area contributed by atoms with Gasteiger partial charge in [-0.15, -0.1) is 0 Å². The Morgan fingerprint density at radius 3 is 2.56 bits per heavy atom. The number of hydrogen-bond donors (Lipinski definition) is 0. The molecule has 0 N–H and O–H groups in total. The maximum Gasteiger partial charge on any atom is 0.250 e. The van der Waals surface area contributed by atoms with Gasteiger partial charge >= 0.3 is 0 Å². The highest BCUT2D eigenvalue weighted by Gasteiger charge is 2.46. The third kappa shape index (κ3) is 3.06. The molecule has 1 aromatic carbocycles. The minimum atomic E-state index is -0.567. The Kier molecular flexibility index (Phi) is 4.29. The summed E-state index contributed by atoms with van der Waals surface area (Å²) in [7, 11) is 0. The van der Waals surface area contributed by atoms with Crippen LogP contribution in [0.4, 0.5) is 4.39 Å². The first-order valence-electron chi connectivity index (χ1n) is 8.94. The fraction of sp³-hybridized carbons (Fsp3) is 0.474. The van der Waals surface area contributed by atoms with E-state index in [1.807, 2.05) is 27.9 Å². The summed E-state index contributed by atoms with van der Waals surface area (Å²) in [6.07, 6.45) is 6.20. The molecule has 2 aliphatic heterocycles. The van der Waals surface area contributed by atoms with Crippen molar-refractivity contribution in [3.8, 4) is 0 Å². The first kappa shape index (κ1) is 16.3. The molecule has 0 aliphatic carbocycles. The largest absolute Gasteiger partial charge is 0.340 e. The molecule has 1 aromatic heterocycles. The van der Waals surface area contributed by atoms with E-state index >= 15 is 0 Å². The van der Waals surface area contributed by atoms with Gasteiger partial charge in [-0.05, 0) is 43.0 Å². The van der Waals surface area contributed by atoms with E-state index < -0.39 is 5.54 Å². The van der Waals surface area contributed by atoms with Gasteiger partial charge in [0.15, 0.2) is 0 Å². The van der Waals surface area contributed by atoms with Crippen LogP contribution in [-0.2, 0) is 16.9 Å². The average molecular weight is 342 g/mol. The van der Waals surface area contributed by atoms with Crippen LogP contribution in [0.3, 0.4) is 0 Å². The van der Waals surface area contributed by atoms with Gasteiger partial charge in [-0.3, -0.25) is 14.4 Å². The molecule has 1 amide bonds. The second kappa shape index (κ2) is 6.59. The molecule has 2 aromatic rings. The highest BCUT2D eigenvalue weighted by molar-refractivity contribution is 5.85. The molecule has 0 unspecified atom stereocenters. The molecule has 6 heteroatoms. The highest BCUT2D eigenvalue weighted by atomic mass is 19.1. The van der Waals surface area contributed by atoms with Crippen molar-refractivity contribution in [3.63, 3.8) is 0 Å². The number of likely N-dealkylation sites (tertiary alicyclic amines) is 2. The van der Waals surface area contributed by atoms with Gasteiger partial charge in [-0.25, -0.2) is 4.39 Å². The smallest absolute Gasteiger partial charge is 0.250 e. The standard InChI is InChI=1S/C19H23FN4O/c20-17-5-1-4-16(14-17)15-22-12-6-19(7-13-22,24-11-2-8-21-24)18(25)23-9-3-10-23/h1-2,4-5,8,11,14H,3,6-7,9-10,12-13,15H2. The zero-order valence-electron chi connectivity index (χ0n) is 14.3. The second-order valence-corrected chi connectivity index (χ2v) is 7.03. The van der Waals surface area contributed by atoms with Crippen LogP contribution in [0.5, 0.6) is 0 Å². The molecule has 4 rings (SSSR count). The summed E-state index contributed by atoms with van der Waals surface area (Å²) in [6, 6.07) is 8.62. The molecule has 2 saturated heterocycles. The molecular formula is C19H23FN4O. The Balaban J connectivity index is 1.49. The Hall–Kier alpha value is -2.21.